The summed E-state index contributed by atoms with van der Waals surface area (Å²) in [5.41, 5.74) is 1.03. The lowest BCUT2D eigenvalue weighted by Gasteiger charge is -2.33. The molecule has 1 aliphatic rings. The highest BCUT2D eigenvalue weighted by Crippen LogP contribution is 2.23. The molecule has 1 fully saturated rings. The van der Waals surface area contributed by atoms with E-state index in [1.165, 1.54) is 11.2 Å². The third kappa shape index (κ3) is 2.04. The molecule has 0 saturated carbocycles. The van der Waals surface area contributed by atoms with Crippen molar-refractivity contribution in [1.29, 1.82) is 0 Å². The minimum atomic E-state index is -1.00. The summed E-state index contributed by atoms with van der Waals surface area (Å²) < 4.78 is 5.35. The molecule has 1 aromatic heterocycles. The number of benzene rings is 1. The van der Waals surface area contributed by atoms with E-state index in [-0.39, 0.29) is 12.5 Å². The first-order chi connectivity index (χ1) is 9.68. The molecular formula is C14H14N2O4. The van der Waals surface area contributed by atoms with Gasteiger partial charge >= 0.3 is 5.97 Å². The lowest BCUT2D eigenvalue weighted by molar-refractivity contribution is -0.142. The van der Waals surface area contributed by atoms with Gasteiger partial charge in [0.05, 0.1) is 5.56 Å². The Labute approximate surface area is 115 Å². The number of carboxylic acid groups (broad SMARTS) is 1. The molecule has 3 rings (SSSR count). The first-order valence-electron chi connectivity index (χ1n) is 6.39. The Balaban J connectivity index is 1.96. The molecule has 1 amide bonds. The monoisotopic (exact) mass is 274 g/mol. The maximum Gasteiger partial charge on any atom is 0.327 e. The van der Waals surface area contributed by atoms with Crippen molar-refractivity contribution in [2.45, 2.75) is 6.04 Å². The maximum absolute atomic E-state index is 12.6. The fraction of sp³-hybridized carbons (Fsp3) is 0.286. The smallest absolute Gasteiger partial charge is 0.327 e. The second-order valence-electron chi connectivity index (χ2n) is 4.70. The first kappa shape index (κ1) is 12.7. The molecule has 1 saturated heterocycles. The maximum atomic E-state index is 12.6. The highest BCUT2D eigenvalue weighted by atomic mass is 16.4. The van der Waals surface area contributed by atoms with E-state index in [2.05, 4.69) is 5.32 Å². The SMILES string of the molecule is O=C(O)C1CNCCN1C(=O)c1coc2ccccc12. The molecule has 6 nitrogen and oxygen atoms in total. The summed E-state index contributed by atoms with van der Waals surface area (Å²) in [6.07, 6.45) is 1.40. The lowest BCUT2D eigenvalue weighted by Crippen LogP contribution is -2.56. The number of hydrogen-bond donors (Lipinski definition) is 2. The number of nitrogens with zero attached hydrogens (tertiary/aromatic N) is 1. The van der Waals surface area contributed by atoms with Gasteiger partial charge in [0.25, 0.3) is 5.91 Å². The predicted molar refractivity (Wildman–Crippen MR) is 71.5 cm³/mol. The van der Waals surface area contributed by atoms with Crippen molar-refractivity contribution in [3.8, 4) is 0 Å². The van der Waals surface area contributed by atoms with Crippen molar-refractivity contribution >= 4 is 22.8 Å². The number of amides is 1. The molecule has 0 spiro atoms. The van der Waals surface area contributed by atoms with Gasteiger partial charge in [0.15, 0.2) is 0 Å². The molecule has 0 bridgehead atoms. The first-order valence-corrected chi connectivity index (χ1v) is 6.39. The molecule has 6 heteroatoms. The van der Waals surface area contributed by atoms with E-state index in [4.69, 9.17) is 4.42 Å². The van der Waals surface area contributed by atoms with Gasteiger partial charge < -0.3 is 19.7 Å². The molecule has 1 aromatic carbocycles. The van der Waals surface area contributed by atoms with Gasteiger partial charge in [0.1, 0.15) is 17.9 Å². The second kappa shape index (κ2) is 4.97. The van der Waals surface area contributed by atoms with E-state index >= 15 is 0 Å². The van der Waals surface area contributed by atoms with Gasteiger partial charge in [-0.1, -0.05) is 18.2 Å². The minimum absolute atomic E-state index is 0.261. The van der Waals surface area contributed by atoms with Crippen molar-refractivity contribution < 1.29 is 19.1 Å². The number of furan rings is 1. The Morgan fingerprint density at radius 2 is 2.15 bits per heavy atom. The number of fused-ring (bicyclic) bond motifs is 1. The lowest BCUT2D eigenvalue weighted by atomic mass is 10.1. The van der Waals surface area contributed by atoms with Crippen LogP contribution in [0.4, 0.5) is 0 Å². The van der Waals surface area contributed by atoms with Crippen LogP contribution in [0.3, 0.4) is 0 Å². The Morgan fingerprint density at radius 1 is 1.35 bits per heavy atom. The van der Waals surface area contributed by atoms with Crippen LogP contribution in [0.1, 0.15) is 10.4 Å². The molecule has 1 atom stereocenters. The number of carboxylic acids is 1. The van der Waals surface area contributed by atoms with Crippen LogP contribution in [0.15, 0.2) is 34.9 Å². The van der Waals surface area contributed by atoms with Gasteiger partial charge in [0.2, 0.25) is 0 Å². The third-order valence-electron chi connectivity index (χ3n) is 3.50. The summed E-state index contributed by atoms with van der Waals surface area (Å²) in [7, 11) is 0. The number of piperazine rings is 1. The molecule has 0 radical (unpaired) electrons. The largest absolute Gasteiger partial charge is 0.480 e. The van der Waals surface area contributed by atoms with Crippen LogP contribution in [-0.2, 0) is 4.79 Å². The normalized spacial score (nSPS) is 19.2. The predicted octanol–water partition coefficient (Wildman–Crippen LogP) is 0.931. The molecule has 0 aliphatic carbocycles. The number of hydrogen-bond acceptors (Lipinski definition) is 4. The van der Waals surface area contributed by atoms with E-state index in [1.807, 2.05) is 12.1 Å². The minimum Gasteiger partial charge on any atom is -0.480 e. The van der Waals surface area contributed by atoms with Crippen LogP contribution in [0.2, 0.25) is 0 Å². The average molecular weight is 274 g/mol. The molecule has 1 aliphatic heterocycles. The van der Waals surface area contributed by atoms with E-state index in [9.17, 15) is 14.7 Å². The number of rotatable bonds is 2. The second-order valence-corrected chi connectivity index (χ2v) is 4.70. The topological polar surface area (TPSA) is 82.8 Å². The standard InChI is InChI=1S/C14H14N2O4/c17-13(16-6-5-15-7-11(16)14(18)19)10-8-20-12-4-2-1-3-9(10)12/h1-4,8,11,15H,5-7H2,(H,18,19). The fourth-order valence-corrected chi connectivity index (χ4v) is 2.47. The van der Waals surface area contributed by atoms with Crippen LogP contribution in [0, 0.1) is 0 Å². The summed E-state index contributed by atoms with van der Waals surface area (Å²) >= 11 is 0. The van der Waals surface area contributed by atoms with Gasteiger partial charge in [-0.3, -0.25) is 4.79 Å². The van der Waals surface area contributed by atoms with Gasteiger partial charge in [0, 0.05) is 25.0 Å². The Hall–Kier alpha value is -2.34. The molecule has 1 unspecified atom stereocenters. The number of para-hydroxylation sites is 1. The van der Waals surface area contributed by atoms with Crippen molar-refractivity contribution in [3.63, 3.8) is 0 Å². The van der Waals surface area contributed by atoms with Crippen molar-refractivity contribution in [2.75, 3.05) is 19.6 Å². The molecule has 2 aromatic rings. The van der Waals surface area contributed by atoms with E-state index in [0.717, 1.165) is 0 Å². The number of aliphatic carboxylic acids is 1. The Bertz CT molecular complexity index is 664. The van der Waals surface area contributed by atoms with Crippen molar-refractivity contribution in [3.05, 3.63) is 36.1 Å². The molecule has 2 heterocycles. The number of nitrogens with one attached hydrogen (secondary N) is 1. The average Bonchev–Trinajstić information content (AvgIpc) is 2.90. The molecule has 2 N–H and O–H groups in total. The fourth-order valence-electron chi connectivity index (χ4n) is 2.47. The zero-order valence-electron chi connectivity index (χ0n) is 10.7. The van der Waals surface area contributed by atoms with Crippen LogP contribution >= 0.6 is 0 Å². The molecule has 20 heavy (non-hydrogen) atoms. The summed E-state index contributed by atoms with van der Waals surface area (Å²) in [6, 6.07) is 6.37. The summed E-state index contributed by atoms with van der Waals surface area (Å²) in [5, 5.41) is 12.9. The zero-order valence-corrected chi connectivity index (χ0v) is 10.7. The van der Waals surface area contributed by atoms with Gasteiger partial charge in [-0.05, 0) is 6.07 Å². The quantitative estimate of drug-likeness (QED) is 0.851. The summed E-state index contributed by atoms with van der Waals surface area (Å²) in [6.45, 7) is 1.22. The molecule has 104 valence electrons. The van der Waals surface area contributed by atoms with Crippen LogP contribution < -0.4 is 5.32 Å². The summed E-state index contributed by atoms with van der Waals surface area (Å²) in [5.74, 6) is -1.30. The van der Waals surface area contributed by atoms with E-state index < -0.39 is 12.0 Å². The van der Waals surface area contributed by atoms with Crippen LogP contribution in [-0.4, -0.2) is 47.6 Å². The van der Waals surface area contributed by atoms with E-state index in [0.29, 0.717) is 29.6 Å². The zero-order chi connectivity index (χ0) is 14.1. The highest BCUT2D eigenvalue weighted by molar-refractivity contribution is 6.07. The van der Waals surface area contributed by atoms with E-state index in [1.54, 1.807) is 12.1 Å². The van der Waals surface area contributed by atoms with Gasteiger partial charge in [-0.2, -0.15) is 0 Å². The van der Waals surface area contributed by atoms with Crippen molar-refractivity contribution in [1.82, 2.24) is 10.2 Å². The Kier molecular flexibility index (Phi) is 3.15. The van der Waals surface area contributed by atoms with Crippen LogP contribution in [0.25, 0.3) is 11.0 Å². The third-order valence-corrected chi connectivity index (χ3v) is 3.50. The Morgan fingerprint density at radius 3 is 2.95 bits per heavy atom. The highest BCUT2D eigenvalue weighted by Gasteiger charge is 2.33. The number of carbonyl (C=O) groups excluding carboxylic acids is 1. The van der Waals surface area contributed by atoms with Crippen LogP contribution in [0.5, 0.6) is 0 Å². The van der Waals surface area contributed by atoms with Gasteiger partial charge in [-0.15, -0.1) is 0 Å². The molecular weight excluding hydrogens is 260 g/mol. The summed E-state index contributed by atoms with van der Waals surface area (Å²) in [4.78, 5) is 25.2. The van der Waals surface area contributed by atoms with Crippen molar-refractivity contribution in [2.24, 2.45) is 0 Å². The number of carbonyl (C=O) groups is 2. The van der Waals surface area contributed by atoms with Gasteiger partial charge in [-0.25, -0.2) is 4.79 Å².